The van der Waals surface area contributed by atoms with Crippen molar-refractivity contribution in [3.8, 4) is 0 Å². The number of aliphatic imine (C=N–C) groups is 2. The minimum absolute atomic E-state index is 0.0226. The van der Waals surface area contributed by atoms with Gasteiger partial charge in [-0.2, -0.15) is 30.7 Å². The predicted molar refractivity (Wildman–Crippen MR) is 494 cm³/mol. The topological polar surface area (TPSA) is 195 Å². The Labute approximate surface area is 662 Å². The van der Waals surface area contributed by atoms with E-state index in [2.05, 4.69) is 416 Å². The fourth-order valence-electron chi connectivity index (χ4n) is 3.75. The normalized spacial score (nSPS) is 12.3. The van der Waals surface area contributed by atoms with E-state index in [9.17, 15) is 0 Å². The molecule has 644 valence electrons. The minimum Gasteiger partial charge on any atom is -0.372 e. The van der Waals surface area contributed by atoms with E-state index >= 15 is 0 Å². The number of hydrazone groups is 2. The van der Waals surface area contributed by atoms with Gasteiger partial charge in [-0.15, -0.1) is 0 Å². The summed E-state index contributed by atoms with van der Waals surface area (Å²) in [5, 5.41) is 38.0. The minimum atomic E-state index is -0.0226. The summed E-state index contributed by atoms with van der Waals surface area (Å²) in [6.45, 7) is 137. The number of rotatable bonds is 10. The Bertz CT molecular complexity index is 1510. The molecule has 0 aromatic rings. The molecule has 0 saturated carbocycles. The van der Waals surface area contributed by atoms with Gasteiger partial charge < -0.3 is 21.5 Å². The van der Waals surface area contributed by atoms with Gasteiger partial charge in [0.25, 0.3) is 0 Å². The van der Waals surface area contributed by atoms with Crippen LogP contribution in [0.4, 0.5) is 0 Å². The largest absolute Gasteiger partial charge is 0.372 e. The summed E-state index contributed by atoms with van der Waals surface area (Å²) in [7, 11) is 0. The van der Waals surface area contributed by atoms with E-state index in [4.69, 9.17) is 0 Å². The fraction of sp³-hybridized carbons (Fsp3) is 0.955. The molecule has 0 bridgehead atoms. The van der Waals surface area contributed by atoms with Gasteiger partial charge in [0.15, 0.2) is 0 Å². The highest BCUT2D eigenvalue weighted by Gasteiger charge is 2.17. The molecule has 0 spiro atoms. The van der Waals surface area contributed by atoms with Crippen LogP contribution in [-0.4, -0.2) is 112 Å². The number of azo groups is 2. The van der Waals surface area contributed by atoms with Crippen molar-refractivity contribution < 1.29 is 0 Å². The Morgan fingerprint density at radius 3 is 0.606 bits per heavy atom. The summed E-state index contributed by atoms with van der Waals surface area (Å²) in [4.78, 5) is 8.61. The molecule has 0 unspecified atom stereocenters. The SMILES string of the molecule is CC.CC.CC.CC.CC.CC.CC.CC.CC(C)(C)/C=N\NC(C)(C)C.CC(C)(C)/C=N\NC(C)(C)C.CC(C)(C)CN=NC(C)(C)C.CC(C)(C)CN=NC(C)(C)C.CC(C)(C)CNNC(C)(C)C.CC(C)(C)N=CNC(C)(C)C.CC(C)(C)N=CNC(C)(C)C.CC(C)(C)NCNC(C)(C)C. The van der Waals surface area contributed by atoms with E-state index in [1.54, 1.807) is 12.7 Å². The Morgan fingerprint density at radius 2 is 0.471 bits per heavy atom. The van der Waals surface area contributed by atoms with E-state index in [1.165, 1.54) is 0 Å². The van der Waals surface area contributed by atoms with Crippen molar-refractivity contribution in [3.05, 3.63) is 0 Å². The van der Waals surface area contributed by atoms with Crippen LogP contribution in [0.1, 0.15) is 443 Å². The number of hydrogen-bond acceptors (Lipinski definition) is 14. The van der Waals surface area contributed by atoms with Gasteiger partial charge in [0, 0.05) is 64.4 Å². The van der Waals surface area contributed by atoms with Gasteiger partial charge in [0.1, 0.15) is 0 Å². The van der Waals surface area contributed by atoms with Gasteiger partial charge in [-0.1, -0.05) is 215 Å². The van der Waals surface area contributed by atoms with Crippen molar-refractivity contribution in [2.75, 3.05) is 26.3 Å². The number of hydrazine groups is 1. The number of nitrogens with zero attached hydrogens (tertiary/aromatic N) is 8. The third kappa shape index (κ3) is 256. The molecule has 0 aromatic carbocycles. The predicted octanol–water partition coefficient (Wildman–Crippen LogP) is 27.6. The van der Waals surface area contributed by atoms with E-state index in [-0.39, 0.29) is 82.6 Å². The molecule has 0 rings (SSSR count). The summed E-state index contributed by atoms with van der Waals surface area (Å²) in [6, 6.07) is 0. The first kappa shape index (κ1) is 140. The highest BCUT2D eigenvalue weighted by atomic mass is 15.4. The second kappa shape index (κ2) is 71.5. The average Bonchev–Trinajstić information content (AvgIpc) is 3.39. The molecule has 0 radical (unpaired) electrons. The lowest BCUT2D eigenvalue weighted by atomic mass is 9.97. The van der Waals surface area contributed by atoms with Gasteiger partial charge in [-0.05, 0) is 256 Å². The van der Waals surface area contributed by atoms with E-state index in [0.29, 0.717) is 5.41 Å². The first-order chi connectivity index (χ1) is 45.7. The lowest BCUT2D eigenvalue weighted by molar-refractivity contribution is 0.292. The Hall–Kier alpha value is -3.08. The summed E-state index contributed by atoms with van der Waals surface area (Å²) in [6.07, 6.45) is 7.44. The van der Waals surface area contributed by atoms with Crippen LogP contribution < -0.4 is 43.0 Å². The maximum atomic E-state index is 4.31. The van der Waals surface area contributed by atoms with Crippen LogP contribution in [0.5, 0.6) is 0 Å². The fourth-order valence-corrected chi connectivity index (χ4v) is 3.75. The van der Waals surface area contributed by atoms with Crippen molar-refractivity contribution in [1.29, 1.82) is 0 Å². The van der Waals surface area contributed by atoms with Gasteiger partial charge in [-0.25, -0.2) is 0 Å². The Kier molecular flexibility index (Phi) is 96.1. The van der Waals surface area contributed by atoms with Crippen LogP contribution in [0.15, 0.2) is 40.6 Å². The van der Waals surface area contributed by atoms with E-state index in [0.717, 1.165) is 26.3 Å². The van der Waals surface area contributed by atoms with Crippen LogP contribution >= 0.6 is 0 Å². The Balaban J connectivity index is -0.0000000590. The molecule has 0 aliphatic carbocycles. The van der Waals surface area contributed by atoms with Crippen LogP contribution in [-0.2, 0) is 0 Å². The maximum absolute atomic E-state index is 4.31. The summed E-state index contributed by atoms with van der Waals surface area (Å²) in [5.41, 5.74) is 14.7. The van der Waals surface area contributed by atoms with Crippen molar-refractivity contribution in [2.45, 2.75) is 504 Å². The van der Waals surface area contributed by atoms with E-state index in [1.807, 2.05) is 123 Å². The molecule has 0 aliphatic rings. The first-order valence-corrected chi connectivity index (χ1v) is 40.7. The monoisotopic (exact) mass is 1490 g/mol. The van der Waals surface area contributed by atoms with Gasteiger partial charge in [-0.3, -0.25) is 31.5 Å². The lowest BCUT2D eigenvalue weighted by Crippen LogP contribution is -2.48. The molecule has 0 atom stereocenters. The molecular formula is C88H212N16. The lowest BCUT2D eigenvalue weighted by Gasteiger charge is -2.26. The van der Waals surface area contributed by atoms with Gasteiger partial charge in [0.05, 0.1) is 47.9 Å². The van der Waals surface area contributed by atoms with Crippen LogP contribution in [0, 0.1) is 27.1 Å². The molecule has 0 aliphatic heterocycles. The standard InChI is InChI=1S/C9H22N2.2C9H20N2.C9H22N2.4C9H20N2.8C2H6/c3*1-8(2,3)10-7-11-9(4,5)6;5*1-8(2,3)7-10-11-9(4,5)6;8*1-2/h10-11H,7H2,1-6H3;2*7H,1-6H3,(H,10,11);10-11H,7H2,1-6H3;2*7H2,1-6H3;2*7,11H,1-6H3;8*1-2H3/b;;;;;;2*10-7-;;;;;;;;. The van der Waals surface area contributed by atoms with Crippen LogP contribution in [0.25, 0.3) is 0 Å². The Morgan fingerprint density at radius 1 is 0.250 bits per heavy atom. The number of nitrogens with one attached hydrogen (secondary N) is 8. The average molecular weight is 1490 g/mol. The first-order valence-electron chi connectivity index (χ1n) is 40.7. The maximum Gasteiger partial charge on any atom is 0.0834 e. The van der Waals surface area contributed by atoms with Gasteiger partial charge in [0.2, 0.25) is 0 Å². The third-order valence-corrected chi connectivity index (χ3v) is 7.75. The highest BCUT2D eigenvalue weighted by Crippen LogP contribution is 2.17. The zero-order valence-corrected chi connectivity index (χ0v) is 84.7. The van der Waals surface area contributed by atoms with Crippen molar-refractivity contribution >= 4 is 25.1 Å². The van der Waals surface area contributed by atoms with E-state index < -0.39 is 0 Å². The number of hydrogen-bond donors (Lipinski definition) is 8. The molecule has 104 heavy (non-hydrogen) atoms. The molecule has 0 fully saturated rings. The zero-order valence-electron chi connectivity index (χ0n) is 84.7. The summed E-state index contributed by atoms with van der Waals surface area (Å²) < 4.78 is 0. The molecular weight excluding hydrogens is 1280 g/mol. The highest BCUT2D eigenvalue weighted by molar-refractivity contribution is 5.64. The molecule has 0 amide bonds. The zero-order chi connectivity index (χ0) is 89.0. The molecule has 16 heteroatoms. The van der Waals surface area contributed by atoms with Crippen molar-refractivity contribution in [2.24, 2.45) is 67.7 Å². The molecule has 0 aromatic heterocycles. The quantitative estimate of drug-likeness (QED) is 0.0348. The smallest absolute Gasteiger partial charge is 0.0834 e. The summed E-state index contributed by atoms with van der Waals surface area (Å²) in [5.74, 6) is 0. The second-order valence-electron chi connectivity index (χ2n) is 40.2. The van der Waals surface area contributed by atoms with Crippen molar-refractivity contribution in [1.82, 2.24) is 43.0 Å². The third-order valence-electron chi connectivity index (χ3n) is 7.75. The molecule has 8 N–H and O–H groups in total. The van der Waals surface area contributed by atoms with Crippen LogP contribution in [0.3, 0.4) is 0 Å². The van der Waals surface area contributed by atoms with Gasteiger partial charge >= 0.3 is 0 Å². The summed E-state index contributed by atoms with van der Waals surface area (Å²) >= 11 is 0. The molecule has 16 nitrogen and oxygen atoms in total. The second-order valence-corrected chi connectivity index (χ2v) is 40.2. The molecule has 0 saturated heterocycles. The molecule has 0 heterocycles. The van der Waals surface area contributed by atoms with Crippen LogP contribution in [0.2, 0.25) is 0 Å². The van der Waals surface area contributed by atoms with Crippen molar-refractivity contribution in [3.63, 3.8) is 0 Å².